The fourth-order valence-electron chi connectivity index (χ4n) is 4.00. The van der Waals surface area contributed by atoms with Crippen LogP contribution in [0, 0.1) is 12.8 Å². The molecule has 122 valence electrons. The van der Waals surface area contributed by atoms with Crippen LogP contribution in [0.15, 0.2) is 18.2 Å². The first kappa shape index (κ1) is 14.5. The molecule has 0 aromatic heterocycles. The number of benzene rings is 1. The van der Waals surface area contributed by atoms with Gasteiger partial charge < -0.3 is 15.5 Å². The molecular formula is C17H22N4O2. The number of rotatable bonds is 2. The number of carbonyl (C=O) groups is 2. The first-order chi connectivity index (χ1) is 11.1. The number of likely N-dealkylation sites (tertiary alicyclic amines) is 1. The summed E-state index contributed by atoms with van der Waals surface area (Å²) in [6.45, 7) is 6.02. The first-order valence-electron chi connectivity index (χ1n) is 8.33. The summed E-state index contributed by atoms with van der Waals surface area (Å²) in [5.74, 6) is 0.676. The third-order valence-electron chi connectivity index (χ3n) is 5.31. The van der Waals surface area contributed by atoms with Gasteiger partial charge in [0.1, 0.15) is 0 Å². The summed E-state index contributed by atoms with van der Waals surface area (Å²) in [5, 5.41) is 6.19. The summed E-state index contributed by atoms with van der Waals surface area (Å²) in [7, 11) is 0. The Labute approximate surface area is 135 Å². The Hall–Kier alpha value is -2.08. The van der Waals surface area contributed by atoms with Crippen LogP contribution in [-0.2, 0) is 0 Å². The predicted molar refractivity (Wildman–Crippen MR) is 87.7 cm³/mol. The van der Waals surface area contributed by atoms with Crippen molar-refractivity contribution in [3.8, 4) is 0 Å². The number of hydrogen-bond donors (Lipinski definition) is 2. The van der Waals surface area contributed by atoms with Crippen molar-refractivity contribution in [2.75, 3.05) is 37.6 Å². The molecule has 1 aromatic carbocycles. The third-order valence-corrected chi connectivity index (χ3v) is 5.31. The lowest BCUT2D eigenvalue weighted by molar-refractivity contribution is 0.0737. The highest BCUT2D eigenvalue weighted by Crippen LogP contribution is 2.30. The van der Waals surface area contributed by atoms with E-state index in [0.29, 0.717) is 30.6 Å². The van der Waals surface area contributed by atoms with E-state index >= 15 is 0 Å². The Kier molecular flexibility index (Phi) is 3.49. The summed E-state index contributed by atoms with van der Waals surface area (Å²) in [6, 6.07) is 5.93. The van der Waals surface area contributed by atoms with Crippen molar-refractivity contribution >= 4 is 17.6 Å². The molecule has 1 aromatic rings. The fraction of sp³-hybridized carbons (Fsp3) is 0.529. The van der Waals surface area contributed by atoms with E-state index in [2.05, 4.69) is 10.6 Å². The number of fused-ring (bicyclic) bond motifs is 1. The molecule has 6 heteroatoms. The quantitative estimate of drug-likeness (QED) is 0.854. The highest BCUT2D eigenvalue weighted by molar-refractivity contribution is 5.99. The molecule has 23 heavy (non-hydrogen) atoms. The normalized spacial score (nSPS) is 26.6. The van der Waals surface area contributed by atoms with Gasteiger partial charge in [-0.25, -0.2) is 4.79 Å². The van der Waals surface area contributed by atoms with Crippen LogP contribution in [0.5, 0.6) is 0 Å². The molecule has 0 aliphatic carbocycles. The lowest BCUT2D eigenvalue weighted by Gasteiger charge is -2.24. The molecular weight excluding hydrogens is 292 g/mol. The van der Waals surface area contributed by atoms with Crippen molar-refractivity contribution in [2.45, 2.75) is 19.4 Å². The second-order valence-corrected chi connectivity index (χ2v) is 6.66. The molecule has 3 saturated heterocycles. The van der Waals surface area contributed by atoms with Gasteiger partial charge in [-0.05, 0) is 37.0 Å². The van der Waals surface area contributed by atoms with Gasteiger partial charge in [-0.1, -0.05) is 6.07 Å². The van der Waals surface area contributed by atoms with E-state index in [0.717, 1.165) is 37.3 Å². The number of nitrogens with zero attached hydrogens (tertiary/aromatic N) is 2. The Balaban J connectivity index is 1.61. The highest BCUT2D eigenvalue weighted by atomic mass is 16.2. The molecule has 3 aliphatic rings. The second-order valence-electron chi connectivity index (χ2n) is 6.66. The molecule has 2 N–H and O–H groups in total. The minimum atomic E-state index is -0.0843. The van der Waals surface area contributed by atoms with Gasteiger partial charge in [0.2, 0.25) is 0 Å². The molecule has 0 spiro atoms. The van der Waals surface area contributed by atoms with Gasteiger partial charge in [-0.15, -0.1) is 0 Å². The molecule has 0 saturated carbocycles. The van der Waals surface area contributed by atoms with Gasteiger partial charge in [0.05, 0.1) is 0 Å². The Bertz CT molecular complexity index is 660. The lowest BCUT2D eigenvalue weighted by Crippen LogP contribution is -2.39. The zero-order valence-electron chi connectivity index (χ0n) is 13.3. The zero-order chi connectivity index (χ0) is 16.0. The fourth-order valence-corrected chi connectivity index (χ4v) is 4.00. The highest BCUT2D eigenvalue weighted by Gasteiger charge is 2.40. The third kappa shape index (κ3) is 2.37. The van der Waals surface area contributed by atoms with Crippen LogP contribution in [-0.4, -0.2) is 55.6 Å². The average Bonchev–Trinajstić information content (AvgIpc) is 3.23. The average molecular weight is 314 g/mol. The number of nitrogens with one attached hydrogen (secondary N) is 2. The van der Waals surface area contributed by atoms with Crippen molar-refractivity contribution in [3.05, 3.63) is 29.3 Å². The maximum absolute atomic E-state index is 12.9. The summed E-state index contributed by atoms with van der Waals surface area (Å²) >= 11 is 0. The van der Waals surface area contributed by atoms with Crippen LogP contribution in [0.3, 0.4) is 0 Å². The molecule has 0 unspecified atom stereocenters. The van der Waals surface area contributed by atoms with Crippen LogP contribution < -0.4 is 15.5 Å². The minimum Gasteiger partial charge on any atom is -0.336 e. The molecule has 3 heterocycles. The first-order valence-corrected chi connectivity index (χ1v) is 8.33. The molecule has 3 aliphatic heterocycles. The van der Waals surface area contributed by atoms with E-state index in [-0.39, 0.29) is 11.9 Å². The maximum atomic E-state index is 12.9. The van der Waals surface area contributed by atoms with Crippen LogP contribution in [0.2, 0.25) is 0 Å². The molecule has 3 amide bonds. The van der Waals surface area contributed by atoms with Crippen LogP contribution in [0.1, 0.15) is 22.3 Å². The van der Waals surface area contributed by atoms with Crippen molar-refractivity contribution < 1.29 is 9.59 Å². The monoisotopic (exact) mass is 314 g/mol. The topological polar surface area (TPSA) is 64.7 Å². The van der Waals surface area contributed by atoms with Crippen LogP contribution in [0.4, 0.5) is 10.5 Å². The van der Waals surface area contributed by atoms with Crippen molar-refractivity contribution in [1.29, 1.82) is 0 Å². The largest absolute Gasteiger partial charge is 0.336 e. The van der Waals surface area contributed by atoms with Gasteiger partial charge in [-0.3, -0.25) is 9.69 Å². The Morgan fingerprint density at radius 2 is 2.13 bits per heavy atom. The molecule has 6 nitrogen and oxygen atoms in total. The lowest BCUT2D eigenvalue weighted by atomic mass is 10.0. The van der Waals surface area contributed by atoms with Crippen LogP contribution in [0.25, 0.3) is 0 Å². The Morgan fingerprint density at radius 3 is 2.91 bits per heavy atom. The van der Waals surface area contributed by atoms with E-state index in [1.165, 1.54) is 0 Å². The zero-order valence-corrected chi connectivity index (χ0v) is 13.3. The van der Waals surface area contributed by atoms with Gasteiger partial charge >= 0.3 is 6.03 Å². The van der Waals surface area contributed by atoms with Crippen molar-refractivity contribution in [3.63, 3.8) is 0 Å². The molecule has 4 rings (SSSR count). The predicted octanol–water partition coefficient (Wildman–Crippen LogP) is 0.959. The van der Waals surface area contributed by atoms with E-state index < -0.39 is 0 Å². The van der Waals surface area contributed by atoms with Crippen LogP contribution >= 0.6 is 0 Å². The standard InChI is InChI=1S/C17H22N4O2/c1-11-2-3-12(8-14(11)21-7-5-19-17(21)23)16(22)20-6-4-13-9-18-10-15(13)20/h2-3,8,13,15,18H,4-7,9-10H2,1H3,(H,19,23)/t13-,15+/m0/s1. The number of carbonyl (C=O) groups excluding carboxylic acids is 2. The molecule has 3 fully saturated rings. The molecule has 2 atom stereocenters. The minimum absolute atomic E-state index is 0.0843. The summed E-state index contributed by atoms with van der Waals surface area (Å²) in [4.78, 5) is 28.6. The summed E-state index contributed by atoms with van der Waals surface area (Å²) in [5.41, 5.74) is 2.53. The number of urea groups is 1. The van der Waals surface area contributed by atoms with Gasteiger partial charge in [-0.2, -0.15) is 0 Å². The van der Waals surface area contributed by atoms with E-state index in [1.807, 2.05) is 30.0 Å². The summed E-state index contributed by atoms with van der Waals surface area (Å²) < 4.78 is 0. The van der Waals surface area contributed by atoms with E-state index in [9.17, 15) is 9.59 Å². The van der Waals surface area contributed by atoms with Crippen molar-refractivity contribution in [2.24, 2.45) is 5.92 Å². The SMILES string of the molecule is Cc1ccc(C(=O)N2CC[C@H]3CNC[C@H]32)cc1N1CCNC1=O. The number of anilines is 1. The summed E-state index contributed by atoms with van der Waals surface area (Å²) in [6.07, 6.45) is 1.08. The number of hydrogen-bond acceptors (Lipinski definition) is 3. The molecule has 0 radical (unpaired) electrons. The second kappa shape index (κ2) is 5.53. The number of amides is 3. The van der Waals surface area contributed by atoms with Gasteiger partial charge in [0.25, 0.3) is 5.91 Å². The van der Waals surface area contributed by atoms with E-state index in [1.54, 1.807) is 4.90 Å². The van der Waals surface area contributed by atoms with E-state index in [4.69, 9.17) is 0 Å². The Morgan fingerprint density at radius 1 is 1.26 bits per heavy atom. The smallest absolute Gasteiger partial charge is 0.322 e. The maximum Gasteiger partial charge on any atom is 0.322 e. The van der Waals surface area contributed by atoms with Gasteiger partial charge in [0.15, 0.2) is 0 Å². The van der Waals surface area contributed by atoms with Crippen molar-refractivity contribution in [1.82, 2.24) is 15.5 Å². The number of aryl methyl sites for hydroxylation is 1. The molecule has 0 bridgehead atoms. The van der Waals surface area contributed by atoms with Gasteiger partial charge in [0, 0.05) is 50.0 Å².